The van der Waals surface area contributed by atoms with Gasteiger partial charge in [0.05, 0.1) is 18.0 Å². The van der Waals surface area contributed by atoms with E-state index in [-0.39, 0.29) is 5.56 Å². The summed E-state index contributed by atoms with van der Waals surface area (Å²) in [5.41, 5.74) is 0.271. The Morgan fingerprint density at radius 3 is 2.72 bits per heavy atom. The quantitative estimate of drug-likeness (QED) is 0.861. The van der Waals surface area contributed by atoms with E-state index in [1.54, 1.807) is 17.5 Å². The lowest BCUT2D eigenvalue weighted by atomic mass is 10.2. The number of thiophene rings is 1. The third kappa shape index (κ3) is 2.69. The summed E-state index contributed by atoms with van der Waals surface area (Å²) in [5.74, 6) is -1.60. The molecule has 0 aliphatic heterocycles. The van der Waals surface area contributed by atoms with Crippen molar-refractivity contribution in [3.63, 3.8) is 0 Å². The number of hydrogen-bond acceptors (Lipinski definition) is 5. The van der Waals surface area contributed by atoms with Crippen LogP contribution in [-0.4, -0.2) is 27.2 Å². The molecule has 0 aliphatic rings. The Hall–Kier alpha value is -2.28. The van der Waals surface area contributed by atoms with Gasteiger partial charge in [0.25, 0.3) is 5.91 Å². The normalized spacial score (nSPS) is 11.8. The van der Waals surface area contributed by atoms with Crippen molar-refractivity contribution >= 4 is 23.2 Å². The summed E-state index contributed by atoms with van der Waals surface area (Å²) in [6.45, 7) is 0. The third-order valence-corrected chi connectivity index (χ3v) is 3.13. The van der Waals surface area contributed by atoms with Gasteiger partial charge in [-0.25, -0.2) is 4.79 Å². The molecule has 1 amide bonds. The minimum atomic E-state index is -1.10. The molecule has 0 bridgehead atoms. The van der Waals surface area contributed by atoms with Gasteiger partial charge in [0.2, 0.25) is 0 Å². The Kier molecular flexibility index (Phi) is 3.63. The third-order valence-electron chi connectivity index (χ3n) is 2.20. The van der Waals surface area contributed by atoms with Crippen LogP contribution in [0.3, 0.4) is 0 Å². The molecule has 1 unspecified atom stereocenters. The molecule has 18 heavy (non-hydrogen) atoms. The highest BCUT2D eigenvalue weighted by atomic mass is 32.1. The van der Waals surface area contributed by atoms with Crippen molar-refractivity contribution in [3.8, 4) is 0 Å². The van der Waals surface area contributed by atoms with Crippen LogP contribution in [0.2, 0.25) is 0 Å². The van der Waals surface area contributed by atoms with Gasteiger partial charge in [-0.05, 0) is 17.5 Å². The number of aliphatic carboxylic acids is 1. The van der Waals surface area contributed by atoms with Gasteiger partial charge in [-0.3, -0.25) is 4.79 Å². The van der Waals surface area contributed by atoms with E-state index in [0.717, 1.165) is 0 Å². The Bertz CT molecular complexity index is 542. The van der Waals surface area contributed by atoms with Crippen molar-refractivity contribution in [3.05, 3.63) is 46.4 Å². The monoisotopic (exact) mass is 263 g/mol. The van der Waals surface area contributed by atoms with Crippen LogP contribution in [0.5, 0.6) is 0 Å². The van der Waals surface area contributed by atoms with Gasteiger partial charge in [0.1, 0.15) is 0 Å². The topological polar surface area (TPSA) is 92.2 Å². The van der Waals surface area contributed by atoms with Crippen LogP contribution in [-0.2, 0) is 4.79 Å². The van der Waals surface area contributed by atoms with Crippen molar-refractivity contribution < 1.29 is 14.7 Å². The number of rotatable bonds is 4. The first kappa shape index (κ1) is 12.2. The molecular weight excluding hydrogens is 254 g/mol. The van der Waals surface area contributed by atoms with E-state index in [9.17, 15) is 9.59 Å². The highest BCUT2D eigenvalue weighted by Gasteiger charge is 2.23. The standard InChI is InChI=1S/C11H9N3O3S/c15-10(7-3-4-12-13-6-7)14-9(11(16)17)8-2-1-5-18-8/h1-6,9H,(H,14,15)(H,16,17). The van der Waals surface area contributed by atoms with Crippen LogP contribution in [0.25, 0.3) is 0 Å². The van der Waals surface area contributed by atoms with E-state index in [4.69, 9.17) is 5.11 Å². The van der Waals surface area contributed by atoms with Gasteiger partial charge in [0, 0.05) is 4.88 Å². The van der Waals surface area contributed by atoms with Crippen molar-refractivity contribution in [1.82, 2.24) is 15.5 Å². The zero-order valence-corrected chi connectivity index (χ0v) is 9.92. The Labute approximate surface area is 106 Å². The average Bonchev–Trinajstić information content (AvgIpc) is 2.90. The van der Waals surface area contributed by atoms with Crippen molar-refractivity contribution in [2.75, 3.05) is 0 Å². The van der Waals surface area contributed by atoms with Crippen molar-refractivity contribution in [1.29, 1.82) is 0 Å². The molecule has 0 saturated heterocycles. The lowest BCUT2D eigenvalue weighted by molar-refractivity contribution is -0.139. The summed E-state index contributed by atoms with van der Waals surface area (Å²) < 4.78 is 0. The van der Waals surface area contributed by atoms with E-state index >= 15 is 0 Å². The van der Waals surface area contributed by atoms with E-state index in [0.29, 0.717) is 4.88 Å². The minimum Gasteiger partial charge on any atom is -0.479 e. The maximum atomic E-state index is 11.8. The minimum absolute atomic E-state index is 0.271. The lowest BCUT2D eigenvalue weighted by Crippen LogP contribution is -2.33. The second-order valence-electron chi connectivity index (χ2n) is 3.39. The number of carbonyl (C=O) groups excluding carboxylic acids is 1. The molecule has 7 heteroatoms. The fourth-order valence-corrected chi connectivity index (χ4v) is 2.12. The molecule has 6 nitrogen and oxygen atoms in total. The summed E-state index contributed by atoms with van der Waals surface area (Å²) >= 11 is 1.27. The molecule has 2 aromatic rings. The van der Waals surface area contributed by atoms with Gasteiger partial charge in [-0.15, -0.1) is 11.3 Å². The number of carboxylic acids is 1. The molecule has 0 saturated carbocycles. The molecule has 1 atom stereocenters. The number of amides is 1. The molecular formula is C11H9N3O3S. The number of nitrogens with zero attached hydrogens (tertiary/aromatic N) is 2. The summed E-state index contributed by atoms with van der Waals surface area (Å²) in [5, 5.41) is 20.4. The van der Waals surface area contributed by atoms with E-state index in [1.807, 2.05) is 0 Å². The van der Waals surface area contributed by atoms with Crippen LogP contribution in [0.15, 0.2) is 36.0 Å². The Morgan fingerprint density at radius 1 is 1.33 bits per heavy atom. The Morgan fingerprint density at radius 2 is 2.17 bits per heavy atom. The molecule has 0 aromatic carbocycles. The summed E-state index contributed by atoms with van der Waals surface area (Å²) in [6.07, 6.45) is 2.65. The first-order valence-electron chi connectivity index (χ1n) is 5.02. The SMILES string of the molecule is O=C(NC(C(=O)O)c1cccs1)c1ccnnc1. The molecule has 0 aliphatic carbocycles. The molecule has 0 fully saturated rings. The summed E-state index contributed by atoms with van der Waals surface area (Å²) in [7, 11) is 0. The largest absolute Gasteiger partial charge is 0.479 e. The zero-order valence-electron chi connectivity index (χ0n) is 9.11. The van der Waals surface area contributed by atoms with Gasteiger partial charge in [0.15, 0.2) is 6.04 Å². The van der Waals surface area contributed by atoms with Gasteiger partial charge < -0.3 is 10.4 Å². The fourth-order valence-electron chi connectivity index (χ4n) is 1.35. The Balaban J connectivity index is 2.16. The number of carboxylic acid groups (broad SMARTS) is 1. The maximum Gasteiger partial charge on any atom is 0.331 e. The predicted octanol–water partition coefficient (Wildman–Crippen LogP) is 1.09. The first-order chi connectivity index (χ1) is 8.68. The molecule has 2 N–H and O–H groups in total. The van der Waals surface area contributed by atoms with E-state index in [1.165, 1.54) is 29.8 Å². The van der Waals surface area contributed by atoms with Crippen LogP contribution in [0.1, 0.15) is 21.3 Å². The van der Waals surface area contributed by atoms with Crippen LogP contribution < -0.4 is 5.32 Å². The first-order valence-corrected chi connectivity index (χ1v) is 5.90. The van der Waals surface area contributed by atoms with E-state index in [2.05, 4.69) is 15.5 Å². The molecule has 2 heterocycles. The average molecular weight is 263 g/mol. The van der Waals surface area contributed by atoms with Gasteiger partial charge >= 0.3 is 5.97 Å². The van der Waals surface area contributed by atoms with Gasteiger partial charge in [-0.2, -0.15) is 10.2 Å². The van der Waals surface area contributed by atoms with Crippen molar-refractivity contribution in [2.24, 2.45) is 0 Å². The second kappa shape index (κ2) is 5.37. The summed E-state index contributed by atoms with van der Waals surface area (Å²) in [6, 6.07) is 3.81. The molecule has 2 rings (SSSR count). The number of carbonyl (C=O) groups is 2. The smallest absolute Gasteiger partial charge is 0.331 e. The van der Waals surface area contributed by atoms with Gasteiger partial charge in [-0.1, -0.05) is 6.07 Å². The number of nitrogens with one attached hydrogen (secondary N) is 1. The lowest BCUT2D eigenvalue weighted by Gasteiger charge is -2.12. The second-order valence-corrected chi connectivity index (χ2v) is 4.37. The molecule has 2 aromatic heterocycles. The molecule has 92 valence electrons. The van der Waals surface area contributed by atoms with Crippen LogP contribution >= 0.6 is 11.3 Å². The predicted molar refractivity (Wildman–Crippen MR) is 64.2 cm³/mol. The van der Waals surface area contributed by atoms with Crippen LogP contribution in [0.4, 0.5) is 0 Å². The van der Waals surface area contributed by atoms with E-state index < -0.39 is 17.9 Å². The molecule has 0 radical (unpaired) electrons. The van der Waals surface area contributed by atoms with Crippen LogP contribution in [0, 0.1) is 0 Å². The molecule has 0 spiro atoms. The number of hydrogen-bond donors (Lipinski definition) is 2. The van der Waals surface area contributed by atoms with Crippen molar-refractivity contribution in [2.45, 2.75) is 6.04 Å². The highest BCUT2D eigenvalue weighted by Crippen LogP contribution is 2.19. The maximum absolute atomic E-state index is 11.8. The zero-order chi connectivity index (χ0) is 13.0. The number of aromatic nitrogens is 2. The highest BCUT2D eigenvalue weighted by molar-refractivity contribution is 7.10. The summed E-state index contributed by atoms with van der Waals surface area (Å²) in [4.78, 5) is 23.5. The fraction of sp³-hybridized carbons (Fsp3) is 0.0909.